The van der Waals surface area contributed by atoms with Crippen LogP contribution in [-0.4, -0.2) is 12.5 Å². The van der Waals surface area contributed by atoms with E-state index in [0.29, 0.717) is 18.4 Å². The molecule has 0 saturated heterocycles. The van der Waals surface area contributed by atoms with Gasteiger partial charge in [0.05, 0.1) is 0 Å². The second-order valence-corrected chi connectivity index (χ2v) is 6.71. The van der Waals surface area contributed by atoms with Crippen molar-refractivity contribution < 1.29 is 13.2 Å². The first-order chi connectivity index (χ1) is 9.93. The van der Waals surface area contributed by atoms with E-state index in [1.807, 2.05) is 6.92 Å². The Morgan fingerprint density at radius 3 is 2.62 bits per heavy atom. The van der Waals surface area contributed by atoms with Crippen LogP contribution in [-0.2, 0) is 0 Å². The van der Waals surface area contributed by atoms with Crippen molar-refractivity contribution in [2.45, 2.75) is 51.0 Å². The number of rotatable bonds is 5. The molecule has 0 aromatic heterocycles. The third-order valence-corrected chi connectivity index (χ3v) is 4.63. The number of hydrogen-bond acceptors (Lipinski definition) is 1. The Balaban J connectivity index is 2.20. The van der Waals surface area contributed by atoms with Crippen LogP contribution in [0.25, 0.3) is 0 Å². The zero-order valence-corrected chi connectivity index (χ0v) is 13.7. The van der Waals surface area contributed by atoms with Crippen molar-refractivity contribution in [1.82, 2.24) is 5.32 Å². The summed E-state index contributed by atoms with van der Waals surface area (Å²) in [6, 6.07) is 4.65. The van der Waals surface area contributed by atoms with Crippen LogP contribution < -0.4 is 5.32 Å². The quantitative estimate of drug-likeness (QED) is 0.732. The van der Waals surface area contributed by atoms with E-state index in [1.165, 1.54) is 6.07 Å². The Hall–Kier alpha value is -0.550. The molecule has 1 aliphatic carbocycles. The molecular formula is C16H21BrF3N. The summed E-state index contributed by atoms with van der Waals surface area (Å²) in [5, 5.41) is 3.35. The van der Waals surface area contributed by atoms with Gasteiger partial charge in [-0.1, -0.05) is 22.9 Å². The molecule has 1 aromatic carbocycles. The van der Waals surface area contributed by atoms with Gasteiger partial charge in [0.1, 0.15) is 5.82 Å². The van der Waals surface area contributed by atoms with Crippen LogP contribution in [0.2, 0.25) is 0 Å². The van der Waals surface area contributed by atoms with E-state index in [4.69, 9.17) is 0 Å². The predicted molar refractivity (Wildman–Crippen MR) is 82.0 cm³/mol. The van der Waals surface area contributed by atoms with Crippen LogP contribution in [0.5, 0.6) is 0 Å². The Labute approximate surface area is 132 Å². The van der Waals surface area contributed by atoms with E-state index in [0.717, 1.165) is 17.4 Å². The standard InChI is InChI=1S/C16H21BrF3N/c1-2-9-21-15(11-5-7-16(19,20)8-6-11)13-10-12(17)3-4-14(13)18/h3-4,10-11,15,21H,2,5-9H2,1H3. The van der Waals surface area contributed by atoms with Crippen LogP contribution in [0.1, 0.15) is 50.6 Å². The van der Waals surface area contributed by atoms with E-state index >= 15 is 0 Å². The number of benzene rings is 1. The Bertz CT molecular complexity index is 469. The highest BCUT2D eigenvalue weighted by Gasteiger charge is 2.38. The fourth-order valence-electron chi connectivity index (χ4n) is 2.98. The van der Waals surface area contributed by atoms with Crippen LogP contribution in [0.15, 0.2) is 22.7 Å². The van der Waals surface area contributed by atoms with Gasteiger partial charge in [-0.2, -0.15) is 0 Å². The van der Waals surface area contributed by atoms with Crippen molar-refractivity contribution in [2.24, 2.45) is 5.92 Å². The van der Waals surface area contributed by atoms with Gasteiger partial charge in [-0.3, -0.25) is 0 Å². The fraction of sp³-hybridized carbons (Fsp3) is 0.625. The maximum absolute atomic E-state index is 14.1. The molecule has 1 unspecified atom stereocenters. The summed E-state index contributed by atoms with van der Waals surface area (Å²) in [7, 11) is 0. The minimum absolute atomic E-state index is 0.0555. The molecule has 0 bridgehead atoms. The van der Waals surface area contributed by atoms with Gasteiger partial charge < -0.3 is 5.32 Å². The van der Waals surface area contributed by atoms with Crippen LogP contribution in [0.3, 0.4) is 0 Å². The zero-order valence-electron chi connectivity index (χ0n) is 12.1. The smallest absolute Gasteiger partial charge is 0.248 e. The van der Waals surface area contributed by atoms with Gasteiger partial charge in [-0.15, -0.1) is 0 Å². The molecule has 1 fully saturated rings. The molecule has 0 aliphatic heterocycles. The van der Waals surface area contributed by atoms with Gasteiger partial charge >= 0.3 is 0 Å². The largest absolute Gasteiger partial charge is 0.310 e. The fourth-order valence-corrected chi connectivity index (χ4v) is 3.36. The highest BCUT2D eigenvalue weighted by molar-refractivity contribution is 9.10. The first-order valence-corrected chi connectivity index (χ1v) is 8.28. The molecule has 5 heteroatoms. The highest BCUT2D eigenvalue weighted by Crippen LogP contribution is 2.42. The molecule has 118 valence electrons. The average Bonchev–Trinajstić information content (AvgIpc) is 2.44. The van der Waals surface area contributed by atoms with Crippen molar-refractivity contribution in [1.29, 1.82) is 0 Å². The number of nitrogens with one attached hydrogen (secondary N) is 1. The topological polar surface area (TPSA) is 12.0 Å². The number of alkyl halides is 2. The van der Waals surface area contributed by atoms with Gasteiger partial charge in [-0.05, 0) is 49.9 Å². The van der Waals surface area contributed by atoms with Crippen molar-refractivity contribution in [3.8, 4) is 0 Å². The summed E-state index contributed by atoms with van der Waals surface area (Å²) in [6.45, 7) is 2.79. The van der Waals surface area contributed by atoms with Gasteiger partial charge in [0.2, 0.25) is 5.92 Å². The number of hydrogen-bond donors (Lipinski definition) is 1. The van der Waals surface area contributed by atoms with Gasteiger partial charge in [0.25, 0.3) is 0 Å². The minimum Gasteiger partial charge on any atom is -0.310 e. The maximum Gasteiger partial charge on any atom is 0.248 e. The highest BCUT2D eigenvalue weighted by atomic mass is 79.9. The van der Waals surface area contributed by atoms with E-state index in [-0.39, 0.29) is 30.6 Å². The van der Waals surface area contributed by atoms with Crippen molar-refractivity contribution in [3.05, 3.63) is 34.1 Å². The Morgan fingerprint density at radius 1 is 1.33 bits per heavy atom. The second-order valence-electron chi connectivity index (χ2n) is 5.79. The third kappa shape index (κ3) is 4.46. The molecule has 1 aliphatic rings. The summed E-state index contributed by atoms with van der Waals surface area (Å²) in [5.74, 6) is -2.77. The molecule has 0 spiro atoms. The molecule has 1 saturated carbocycles. The van der Waals surface area contributed by atoms with E-state index in [9.17, 15) is 13.2 Å². The molecule has 1 N–H and O–H groups in total. The summed E-state index contributed by atoms with van der Waals surface area (Å²) in [5.41, 5.74) is 0.577. The SMILES string of the molecule is CCCNC(c1cc(Br)ccc1F)C1CCC(F)(F)CC1. The van der Waals surface area contributed by atoms with Crippen molar-refractivity contribution >= 4 is 15.9 Å². The van der Waals surface area contributed by atoms with Crippen molar-refractivity contribution in [2.75, 3.05) is 6.54 Å². The van der Waals surface area contributed by atoms with E-state index < -0.39 is 5.92 Å². The molecule has 2 rings (SSSR count). The minimum atomic E-state index is -2.55. The third-order valence-electron chi connectivity index (χ3n) is 4.14. The van der Waals surface area contributed by atoms with Crippen molar-refractivity contribution in [3.63, 3.8) is 0 Å². The van der Waals surface area contributed by atoms with Crippen LogP contribution in [0.4, 0.5) is 13.2 Å². The molecule has 1 nitrogen and oxygen atoms in total. The monoisotopic (exact) mass is 363 g/mol. The molecular weight excluding hydrogens is 343 g/mol. The zero-order chi connectivity index (χ0) is 15.5. The van der Waals surface area contributed by atoms with E-state index in [1.54, 1.807) is 12.1 Å². The number of halogens is 4. The molecule has 0 radical (unpaired) electrons. The summed E-state index contributed by atoms with van der Waals surface area (Å²) in [4.78, 5) is 0. The van der Waals surface area contributed by atoms with Gasteiger partial charge in [0.15, 0.2) is 0 Å². The second kappa shape index (κ2) is 7.14. The molecule has 0 heterocycles. The predicted octanol–water partition coefficient (Wildman–Crippen LogP) is 5.45. The van der Waals surface area contributed by atoms with Crippen LogP contribution in [0, 0.1) is 11.7 Å². The maximum atomic E-state index is 14.1. The Morgan fingerprint density at radius 2 is 2.00 bits per heavy atom. The Kier molecular flexibility index (Phi) is 5.72. The van der Waals surface area contributed by atoms with E-state index in [2.05, 4.69) is 21.2 Å². The first-order valence-electron chi connectivity index (χ1n) is 7.49. The summed E-state index contributed by atoms with van der Waals surface area (Å²) in [6.07, 6.45) is 1.59. The first kappa shape index (κ1) is 16.8. The lowest BCUT2D eigenvalue weighted by Crippen LogP contribution is -2.35. The summed E-state index contributed by atoms with van der Waals surface area (Å²) >= 11 is 3.36. The molecule has 21 heavy (non-hydrogen) atoms. The molecule has 1 atom stereocenters. The average molecular weight is 364 g/mol. The van der Waals surface area contributed by atoms with Gasteiger partial charge in [-0.25, -0.2) is 13.2 Å². The van der Waals surface area contributed by atoms with Gasteiger partial charge in [0, 0.05) is 28.9 Å². The molecule has 1 aromatic rings. The lowest BCUT2D eigenvalue weighted by atomic mass is 9.79. The summed E-state index contributed by atoms with van der Waals surface area (Å²) < 4.78 is 41.6. The lowest BCUT2D eigenvalue weighted by Gasteiger charge is -2.34. The normalized spacial score (nSPS) is 20.4. The van der Waals surface area contributed by atoms with Crippen LogP contribution >= 0.6 is 15.9 Å². The lowest BCUT2D eigenvalue weighted by molar-refractivity contribution is -0.0498. The molecule has 0 amide bonds.